The summed E-state index contributed by atoms with van der Waals surface area (Å²) < 4.78 is 0. The lowest BCUT2D eigenvalue weighted by Gasteiger charge is -2.20. The van der Waals surface area contributed by atoms with Crippen LogP contribution in [-0.4, -0.2) is 30.4 Å². The highest BCUT2D eigenvalue weighted by atomic mass is 32.1. The Morgan fingerprint density at radius 2 is 2.13 bits per heavy atom. The van der Waals surface area contributed by atoms with Gasteiger partial charge >= 0.3 is 0 Å². The monoisotopic (exact) mass is 328 g/mol. The summed E-state index contributed by atoms with van der Waals surface area (Å²) in [6.07, 6.45) is 2.19. The second kappa shape index (κ2) is 7.75. The Labute approximate surface area is 142 Å². The first-order chi connectivity index (χ1) is 11.3. The number of carbonyl (C=O) groups excluding carboxylic acids is 1. The molecule has 3 rings (SSSR count). The van der Waals surface area contributed by atoms with Crippen molar-refractivity contribution in [3.8, 4) is 0 Å². The van der Waals surface area contributed by atoms with Gasteiger partial charge in [0.05, 0.1) is 0 Å². The molecule has 0 bridgehead atoms. The number of nitrogens with one attached hydrogen (secondary N) is 1. The van der Waals surface area contributed by atoms with Crippen LogP contribution in [0.25, 0.3) is 0 Å². The van der Waals surface area contributed by atoms with Crippen LogP contribution in [-0.2, 0) is 0 Å². The second-order valence-corrected chi connectivity index (χ2v) is 7.14. The van der Waals surface area contributed by atoms with E-state index in [1.165, 1.54) is 4.88 Å². The van der Waals surface area contributed by atoms with Crippen LogP contribution in [0.1, 0.15) is 41.0 Å². The highest BCUT2D eigenvalue weighted by Gasteiger charge is 2.27. The van der Waals surface area contributed by atoms with Gasteiger partial charge in [-0.3, -0.25) is 4.79 Å². The van der Waals surface area contributed by atoms with Crippen molar-refractivity contribution >= 4 is 17.2 Å². The van der Waals surface area contributed by atoms with Gasteiger partial charge in [0.1, 0.15) is 0 Å². The van der Waals surface area contributed by atoms with Crippen LogP contribution in [0.5, 0.6) is 0 Å². The molecule has 0 saturated carbocycles. The van der Waals surface area contributed by atoms with Crippen LogP contribution in [0.15, 0.2) is 47.8 Å². The summed E-state index contributed by atoms with van der Waals surface area (Å²) in [4.78, 5) is 15.9. The van der Waals surface area contributed by atoms with Crippen molar-refractivity contribution in [1.82, 2.24) is 10.2 Å². The molecule has 1 fully saturated rings. The standard InChI is InChI=1S/C19H24N2OS/c1-2-17(18-9-6-12-23-18)20-13-15-10-11-21(14-15)19(22)16-7-4-3-5-8-16/h3-9,12,15,17,20H,2,10-11,13-14H2,1H3. The Kier molecular flexibility index (Phi) is 5.47. The third-order valence-corrected chi connectivity index (χ3v) is 5.53. The minimum atomic E-state index is 0.165. The maximum absolute atomic E-state index is 12.5. The smallest absolute Gasteiger partial charge is 0.253 e. The van der Waals surface area contributed by atoms with E-state index in [9.17, 15) is 4.79 Å². The molecule has 0 spiro atoms. The fourth-order valence-electron chi connectivity index (χ4n) is 3.19. The van der Waals surface area contributed by atoms with Gasteiger partial charge in [0, 0.05) is 36.1 Å². The fraction of sp³-hybridized carbons (Fsp3) is 0.421. The molecule has 2 aromatic rings. The zero-order valence-corrected chi connectivity index (χ0v) is 14.4. The molecule has 0 radical (unpaired) electrons. The summed E-state index contributed by atoms with van der Waals surface area (Å²) in [6, 6.07) is 14.4. The summed E-state index contributed by atoms with van der Waals surface area (Å²) >= 11 is 1.81. The molecule has 1 amide bonds. The van der Waals surface area contributed by atoms with E-state index in [0.29, 0.717) is 12.0 Å². The zero-order chi connectivity index (χ0) is 16.1. The summed E-state index contributed by atoms with van der Waals surface area (Å²) in [7, 11) is 0. The lowest BCUT2D eigenvalue weighted by molar-refractivity contribution is 0.0787. The lowest BCUT2D eigenvalue weighted by Crippen LogP contribution is -2.31. The summed E-state index contributed by atoms with van der Waals surface area (Å²) in [6.45, 7) is 4.93. The van der Waals surface area contributed by atoms with E-state index < -0.39 is 0 Å². The quantitative estimate of drug-likeness (QED) is 0.871. The zero-order valence-electron chi connectivity index (χ0n) is 13.6. The number of thiophene rings is 1. The molecule has 23 heavy (non-hydrogen) atoms. The highest BCUT2D eigenvalue weighted by molar-refractivity contribution is 7.10. The summed E-state index contributed by atoms with van der Waals surface area (Å²) in [5.41, 5.74) is 0.797. The molecular weight excluding hydrogens is 304 g/mol. The van der Waals surface area contributed by atoms with Crippen LogP contribution in [0, 0.1) is 5.92 Å². The van der Waals surface area contributed by atoms with E-state index >= 15 is 0 Å². The van der Waals surface area contributed by atoms with Crippen molar-refractivity contribution in [1.29, 1.82) is 0 Å². The number of hydrogen-bond donors (Lipinski definition) is 1. The largest absolute Gasteiger partial charge is 0.338 e. The van der Waals surface area contributed by atoms with Gasteiger partial charge in [-0.05, 0) is 42.3 Å². The Bertz CT molecular complexity index is 612. The summed E-state index contributed by atoms with van der Waals surface area (Å²) in [5, 5.41) is 5.82. The first-order valence-electron chi connectivity index (χ1n) is 8.39. The highest BCUT2D eigenvalue weighted by Crippen LogP contribution is 2.23. The van der Waals surface area contributed by atoms with E-state index in [-0.39, 0.29) is 5.91 Å². The van der Waals surface area contributed by atoms with E-state index in [0.717, 1.165) is 38.0 Å². The predicted octanol–water partition coefficient (Wildman–Crippen LogP) is 3.95. The Morgan fingerprint density at radius 1 is 1.30 bits per heavy atom. The molecule has 0 aliphatic carbocycles. The molecule has 1 saturated heterocycles. The van der Waals surface area contributed by atoms with Crippen LogP contribution in [0.3, 0.4) is 0 Å². The van der Waals surface area contributed by atoms with E-state index in [2.05, 4.69) is 29.8 Å². The van der Waals surface area contributed by atoms with Gasteiger partial charge in [0.2, 0.25) is 0 Å². The van der Waals surface area contributed by atoms with Crippen LogP contribution in [0.4, 0.5) is 0 Å². The third kappa shape index (κ3) is 4.01. The number of nitrogens with zero attached hydrogens (tertiary/aromatic N) is 1. The van der Waals surface area contributed by atoms with Crippen LogP contribution >= 0.6 is 11.3 Å². The fourth-order valence-corrected chi connectivity index (χ4v) is 4.08. The van der Waals surface area contributed by atoms with E-state index in [1.54, 1.807) is 0 Å². The Morgan fingerprint density at radius 3 is 2.83 bits per heavy atom. The molecule has 4 heteroatoms. The van der Waals surface area contributed by atoms with Gasteiger partial charge in [-0.25, -0.2) is 0 Å². The average molecular weight is 328 g/mol. The molecule has 1 aromatic carbocycles. The van der Waals surface area contributed by atoms with Crippen molar-refractivity contribution in [3.05, 3.63) is 58.3 Å². The normalized spacial score (nSPS) is 19.0. The maximum Gasteiger partial charge on any atom is 0.253 e. The van der Waals surface area contributed by atoms with Crippen molar-refractivity contribution in [3.63, 3.8) is 0 Å². The van der Waals surface area contributed by atoms with Gasteiger partial charge < -0.3 is 10.2 Å². The number of amides is 1. The van der Waals surface area contributed by atoms with E-state index in [4.69, 9.17) is 0 Å². The molecular formula is C19H24N2OS. The number of carbonyl (C=O) groups is 1. The predicted molar refractivity (Wildman–Crippen MR) is 95.8 cm³/mol. The second-order valence-electron chi connectivity index (χ2n) is 6.16. The third-order valence-electron chi connectivity index (χ3n) is 4.54. The SMILES string of the molecule is CCC(NCC1CCN(C(=O)c2ccccc2)C1)c1cccs1. The molecule has 2 heterocycles. The van der Waals surface area contributed by atoms with Crippen molar-refractivity contribution in [2.24, 2.45) is 5.92 Å². The van der Waals surface area contributed by atoms with Crippen molar-refractivity contribution in [2.45, 2.75) is 25.8 Å². The van der Waals surface area contributed by atoms with Gasteiger partial charge in [-0.1, -0.05) is 31.2 Å². The van der Waals surface area contributed by atoms with Gasteiger partial charge in [0.25, 0.3) is 5.91 Å². The molecule has 3 nitrogen and oxygen atoms in total. The molecule has 1 N–H and O–H groups in total. The Hall–Kier alpha value is -1.65. The minimum absolute atomic E-state index is 0.165. The maximum atomic E-state index is 12.5. The first kappa shape index (κ1) is 16.2. The van der Waals surface area contributed by atoms with Gasteiger partial charge in [-0.2, -0.15) is 0 Å². The van der Waals surface area contributed by atoms with Crippen molar-refractivity contribution < 1.29 is 4.79 Å². The number of rotatable bonds is 6. The minimum Gasteiger partial charge on any atom is -0.338 e. The van der Waals surface area contributed by atoms with Crippen LogP contribution in [0.2, 0.25) is 0 Å². The van der Waals surface area contributed by atoms with Gasteiger partial charge in [0.15, 0.2) is 0 Å². The molecule has 1 aliphatic rings. The lowest BCUT2D eigenvalue weighted by atomic mass is 10.1. The number of likely N-dealkylation sites (tertiary alicyclic amines) is 1. The number of benzene rings is 1. The summed E-state index contributed by atoms with van der Waals surface area (Å²) in [5.74, 6) is 0.718. The average Bonchev–Trinajstić information content (AvgIpc) is 3.27. The molecule has 1 aromatic heterocycles. The Balaban J connectivity index is 1.51. The molecule has 1 aliphatic heterocycles. The molecule has 2 unspecified atom stereocenters. The van der Waals surface area contributed by atoms with Gasteiger partial charge in [-0.15, -0.1) is 11.3 Å². The van der Waals surface area contributed by atoms with Crippen molar-refractivity contribution in [2.75, 3.05) is 19.6 Å². The number of hydrogen-bond acceptors (Lipinski definition) is 3. The molecule has 2 atom stereocenters. The van der Waals surface area contributed by atoms with Crippen LogP contribution < -0.4 is 5.32 Å². The molecule has 122 valence electrons. The first-order valence-corrected chi connectivity index (χ1v) is 9.27. The topological polar surface area (TPSA) is 32.3 Å². The van der Waals surface area contributed by atoms with E-state index in [1.807, 2.05) is 46.6 Å².